The van der Waals surface area contributed by atoms with E-state index in [0.29, 0.717) is 23.4 Å². The molecule has 0 unspecified atom stereocenters. The Bertz CT molecular complexity index is 572. The molecule has 2 rings (SSSR count). The predicted octanol–water partition coefficient (Wildman–Crippen LogP) is 1.01. The van der Waals surface area contributed by atoms with E-state index in [1.165, 1.54) is 9.58 Å². The Hall–Kier alpha value is -2.05. The summed E-state index contributed by atoms with van der Waals surface area (Å²) in [5.41, 5.74) is 0.362. The minimum atomic E-state index is -0.141. The number of carbonyl (C=O) groups excluding carboxylic acids is 2. The minimum absolute atomic E-state index is 0.0715. The van der Waals surface area contributed by atoms with Crippen LogP contribution in [0, 0.1) is 11.8 Å². The largest absolute Gasteiger partial charge is 0.468 e. The molecule has 0 aliphatic carbocycles. The van der Waals surface area contributed by atoms with E-state index in [2.05, 4.69) is 18.9 Å². The highest BCUT2D eigenvalue weighted by atomic mass is 16.5. The molecule has 7 nitrogen and oxygen atoms in total. The third kappa shape index (κ3) is 4.24. The molecule has 1 saturated heterocycles. The van der Waals surface area contributed by atoms with Crippen LogP contribution in [0.1, 0.15) is 30.8 Å². The molecule has 0 bridgehead atoms. The van der Waals surface area contributed by atoms with Crippen LogP contribution in [0.4, 0.5) is 0 Å². The van der Waals surface area contributed by atoms with Crippen molar-refractivity contribution in [3.05, 3.63) is 11.8 Å². The maximum Gasteiger partial charge on any atom is 0.274 e. The molecule has 2 amide bonds. The van der Waals surface area contributed by atoms with Gasteiger partial charge < -0.3 is 14.5 Å². The lowest BCUT2D eigenvalue weighted by Gasteiger charge is -2.34. The molecule has 7 heteroatoms. The number of hydrogen-bond acceptors (Lipinski definition) is 4. The molecule has 0 aromatic carbocycles. The van der Waals surface area contributed by atoms with Gasteiger partial charge in [-0.2, -0.15) is 5.10 Å². The Morgan fingerprint density at radius 2 is 1.91 bits per heavy atom. The van der Waals surface area contributed by atoms with Crippen molar-refractivity contribution in [3.8, 4) is 5.88 Å². The molecular weight excluding hydrogens is 296 g/mol. The van der Waals surface area contributed by atoms with E-state index in [1.807, 2.05) is 4.90 Å². The number of nitrogens with zero attached hydrogens (tertiary/aromatic N) is 4. The lowest BCUT2D eigenvalue weighted by Crippen LogP contribution is -2.42. The van der Waals surface area contributed by atoms with E-state index >= 15 is 0 Å². The SMILES string of the molecule is C[C@@H]1C[C@H](C)CN(C(=O)c2cc(OCC(=O)N(C)C)n(C)n2)C1. The summed E-state index contributed by atoms with van der Waals surface area (Å²) >= 11 is 0. The maximum absolute atomic E-state index is 12.6. The van der Waals surface area contributed by atoms with Gasteiger partial charge in [0.05, 0.1) is 0 Å². The van der Waals surface area contributed by atoms with Crippen LogP contribution in [-0.4, -0.2) is 65.2 Å². The number of likely N-dealkylation sites (tertiary alicyclic amines) is 1. The van der Waals surface area contributed by atoms with Crippen LogP contribution in [0.3, 0.4) is 0 Å². The fourth-order valence-corrected chi connectivity index (χ4v) is 2.95. The predicted molar refractivity (Wildman–Crippen MR) is 86.2 cm³/mol. The average Bonchev–Trinajstić information content (AvgIpc) is 2.83. The molecule has 2 heterocycles. The van der Waals surface area contributed by atoms with Crippen molar-refractivity contribution in [3.63, 3.8) is 0 Å². The quantitative estimate of drug-likeness (QED) is 0.829. The minimum Gasteiger partial charge on any atom is -0.468 e. The lowest BCUT2D eigenvalue weighted by molar-refractivity contribution is -0.130. The molecule has 1 aliphatic rings. The molecule has 1 fully saturated rings. The normalized spacial score (nSPS) is 21.2. The summed E-state index contributed by atoms with van der Waals surface area (Å²) in [5.74, 6) is 1.20. The van der Waals surface area contributed by atoms with Gasteiger partial charge in [-0.3, -0.25) is 9.59 Å². The van der Waals surface area contributed by atoms with Gasteiger partial charge in [-0.25, -0.2) is 4.68 Å². The Morgan fingerprint density at radius 3 is 2.48 bits per heavy atom. The van der Waals surface area contributed by atoms with E-state index in [0.717, 1.165) is 19.5 Å². The first-order chi connectivity index (χ1) is 10.8. The third-order valence-electron chi connectivity index (χ3n) is 4.05. The first kappa shape index (κ1) is 17.3. The number of aromatic nitrogens is 2. The van der Waals surface area contributed by atoms with Gasteiger partial charge in [0.25, 0.3) is 11.8 Å². The van der Waals surface area contributed by atoms with E-state index in [9.17, 15) is 9.59 Å². The van der Waals surface area contributed by atoms with Crippen LogP contribution >= 0.6 is 0 Å². The topological polar surface area (TPSA) is 67.7 Å². The summed E-state index contributed by atoms with van der Waals surface area (Å²) in [6.07, 6.45) is 1.15. The molecule has 0 N–H and O–H groups in total. The van der Waals surface area contributed by atoms with Gasteiger partial charge in [-0.1, -0.05) is 13.8 Å². The number of piperidine rings is 1. The smallest absolute Gasteiger partial charge is 0.274 e. The van der Waals surface area contributed by atoms with Crippen LogP contribution in [0.25, 0.3) is 0 Å². The van der Waals surface area contributed by atoms with Gasteiger partial charge >= 0.3 is 0 Å². The van der Waals surface area contributed by atoms with Gasteiger partial charge in [-0.15, -0.1) is 0 Å². The highest BCUT2D eigenvalue weighted by molar-refractivity contribution is 5.92. The molecule has 128 valence electrons. The number of likely N-dealkylation sites (N-methyl/N-ethyl adjacent to an activating group) is 1. The van der Waals surface area contributed by atoms with Crippen molar-refractivity contribution in [2.24, 2.45) is 18.9 Å². The van der Waals surface area contributed by atoms with Crippen LogP contribution in [0.2, 0.25) is 0 Å². The summed E-state index contributed by atoms with van der Waals surface area (Å²) < 4.78 is 6.95. The molecular formula is C16H26N4O3. The molecule has 0 spiro atoms. The van der Waals surface area contributed by atoms with E-state index in [-0.39, 0.29) is 18.4 Å². The standard InChI is InChI=1S/C16H26N4O3/c1-11-6-12(2)9-20(8-11)16(22)13-7-15(19(5)17-13)23-10-14(21)18(3)4/h7,11-12H,6,8-10H2,1-5H3/t11-,12+. The first-order valence-corrected chi connectivity index (χ1v) is 7.94. The molecule has 23 heavy (non-hydrogen) atoms. The fourth-order valence-electron chi connectivity index (χ4n) is 2.95. The summed E-state index contributed by atoms with van der Waals surface area (Å²) in [4.78, 5) is 27.5. The van der Waals surface area contributed by atoms with Gasteiger partial charge in [0.15, 0.2) is 12.3 Å². The molecule has 2 atom stereocenters. The van der Waals surface area contributed by atoms with Crippen LogP contribution < -0.4 is 4.74 Å². The zero-order chi connectivity index (χ0) is 17.1. The summed E-state index contributed by atoms with van der Waals surface area (Å²) in [6, 6.07) is 1.61. The zero-order valence-corrected chi connectivity index (χ0v) is 14.6. The third-order valence-corrected chi connectivity index (χ3v) is 4.05. The van der Waals surface area contributed by atoms with E-state index < -0.39 is 0 Å². The number of carbonyl (C=O) groups is 2. The number of rotatable bonds is 4. The summed E-state index contributed by atoms with van der Waals surface area (Å²) in [7, 11) is 5.04. The Morgan fingerprint density at radius 1 is 1.30 bits per heavy atom. The zero-order valence-electron chi connectivity index (χ0n) is 14.6. The molecule has 0 saturated carbocycles. The maximum atomic E-state index is 12.6. The van der Waals surface area contributed by atoms with Crippen LogP contribution in [0.15, 0.2) is 6.07 Å². The summed E-state index contributed by atoms with van der Waals surface area (Å²) in [6.45, 7) is 5.77. The Balaban J connectivity index is 2.04. The second-order valence-electron chi connectivity index (χ2n) is 6.72. The Labute approximate surface area is 137 Å². The molecule has 0 radical (unpaired) electrons. The second-order valence-corrected chi connectivity index (χ2v) is 6.72. The average molecular weight is 322 g/mol. The fraction of sp³-hybridized carbons (Fsp3) is 0.688. The van der Waals surface area contributed by atoms with Crippen molar-refractivity contribution < 1.29 is 14.3 Å². The number of ether oxygens (including phenoxy) is 1. The van der Waals surface area contributed by atoms with Gasteiger partial charge in [0.2, 0.25) is 5.88 Å². The number of amides is 2. The van der Waals surface area contributed by atoms with Crippen LogP contribution in [0.5, 0.6) is 5.88 Å². The van der Waals surface area contributed by atoms with Crippen molar-refractivity contribution in [1.82, 2.24) is 19.6 Å². The van der Waals surface area contributed by atoms with Crippen molar-refractivity contribution in [2.45, 2.75) is 20.3 Å². The van der Waals surface area contributed by atoms with Crippen molar-refractivity contribution in [1.29, 1.82) is 0 Å². The highest BCUT2D eigenvalue weighted by Gasteiger charge is 2.28. The van der Waals surface area contributed by atoms with Gasteiger partial charge in [0, 0.05) is 40.3 Å². The number of hydrogen-bond donors (Lipinski definition) is 0. The monoisotopic (exact) mass is 322 g/mol. The molecule has 1 aliphatic heterocycles. The molecule has 1 aromatic heterocycles. The van der Waals surface area contributed by atoms with E-state index in [1.54, 1.807) is 27.2 Å². The Kier molecular flexibility index (Phi) is 5.28. The van der Waals surface area contributed by atoms with Crippen molar-refractivity contribution in [2.75, 3.05) is 33.8 Å². The molecule has 1 aromatic rings. The lowest BCUT2D eigenvalue weighted by atomic mass is 9.92. The van der Waals surface area contributed by atoms with E-state index in [4.69, 9.17) is 4.74 Å². The van der Waals surface area contributed by atoms with Gasteiger partial charge in [-0.05, 0) is 18.3 Å². The highest BCUT2D eigenvalue weighted by Crippen LogP contribution is 2.23. The second kappa shape index (κ2) is 7.02. The van der Waals surface area contributed by atoms with Gasteiger partial charge in [0.1, 0.15) is 0 Å². The van der Waals surface area contributed by atoms with Crippen LogP contribution in [-0.2, 0) is 11.8 Å². The first-order valence-electron chi connectivity index (χ1n) is 7.94. The van der Waals surface area contributed by atoms with Crippen molar-refractivity contribution >= 4 is 11.8 Å². The number of aryl methyl sites for hydroxylation is 1. The summed E-state index contributed by atoms with van der Waals surface area (Å²) in [5, 5.41) is 4.23.